The fourth-order valence-electron chi connectivity index (χ4n) is 1.26. The Kier molecular flexibility index (Phi) is 3.71. The molecule has 0 radical (unpaired) electrons. The third-order valence-corrected chi connectivity index (χ3v) is 1.93. The molecule has 0 aliphatic rings. The SMILES string of the molecule is CCOC(=O)C[C@H](N)c1occc1C. The van der Waals surface area contributed by atoms with Gasteiger partial charge in [-0.05, 0) is 25.5 Å². The van der Waals surface area contributed by atoms with Crippen molar-refractivity contribution in [1.82, 2.24) is 0 Å². The van der Waals surface area contributed by atoms with Crippen LogP contribution >= 0.6 is 0 Å². The zero-order chi connectivity index (χ0) is 10.6. The molecule has 1 aromatic heterocycles. The summed E-state index contributed by atoms with van der Waals surface area (Å²) in [5.74, 6) is 0.355. The van der Waals surface area contributed by atoms with E-state index in [-0.39, 0.29) is 12.4 Å². The fraction of sp³-hybridized carbons (Fsp3) is 0.500. The van der Waals surface area contributed by atoms with Gasteiger partial charge in [-0.1, -0.05) is 0 Å². The van der Waals surface area contributed by atoms with Crippen LogP contribution in [-0.4, -0.2) is 12.6 Å². The summed E-state index contributed by atoms with van der Waals surface area (Å²) in [5, 5.41) is 0. The summed E-state index contributed by atoms with van der Waals surface area (Å²) in [6, 6.07) is 1.41. The topological polar surface area (TPSA) is 65.5 Å². The molecule has 4 heteroatoms. The molecule has 1 rings (SSSR count). The Labute approximate surface area is 83.0 Å². The fourth-order valence-corrected chi connectivity index (χ4v) is 1.26. The van der Waals surface area contributed by atoms with E-state index in [0.717, 1.165) is 5.56 Å². The molecule has 0 aliphatic heterocycles. The van der Waals surface area contributed by atoms with Crippen molar-refractivity contribution in [3.8, 4) is 0 Å². The third-order valence-electron chi connectivity index (χ3n) is 1.93. The predicted molar refractivity (Wildman–Crippen MR) is 51.6 cm³/mol. The molecule has 0 aromatic carbocycles. The molecular weight excluding hydrogens is 182 g/mol. The summed E-state index contributed by atoms with van der Waals surface area (Å²) in [5.41, 5.74) is 6.74. The van der Waals surface area contributed by atoms with Crippen molar-refractivity contribution < 1.29 is 13.9 Å². The summed E-state index contributed by atoms with van der Waals surface area (Å²) in [6.45, 7) is 4.04. The van der Waals surface area contributed by atoms with Crippen LogP contribution in [0.1, 0.15) is 30.7 Å². The zero-order valence-electron chi connectivity index (χ0n) is 8.45. The Morgan fingerprint density at radius 2 is 2.43 bits per heavy atom. The molecule has 0 saturated carbocycles. The minimum Gasteiger partial charge on any atom is -0.467 e. The second-order valence-corrected chi connectivity index (χ2v) is 3.08. The van der Waals surface area contributed by atoms with Gasteiger partial charge in [0.1, 0.15) is 5.76 Å². The molecule has 14 heavy (non-hydrogen) atoms. The first-order chi connectivity index (χ1) is 6.65. The zero-order valence-corrected chi connectivity index (χ0v) is 8.45. The van der Waals surface area contributed by atoms with E-state index in [4.69, 9.17) is 14.9 Å². The van der Waals surface area contributed by atoms with Crippen LogP contribution in [0.25, 0.3) is 0 Å². The Morgan fingerprint density at radius 1 is 1.71 bits per heavy atom. The molecule has 4 nitrogen and oxygen atoms in total. The lowest BCUT2D eigenvalue weighted by atomic mass is 10.1. The molecule has 0 aliphatic carbocycles. The minimum atomic E-state index is -0.413. The Hall–Kier alpha value is -1.29. The highest BCUT2D eigenvalue weighted by Gasteiger charge is 2.16. The Morgan fingerprint density at radius 3 is 2.93 bits per heavy atom. The molecular formula is C10H15NO3. The van der Waals surface area contributed by atoms with Gasteiger partial charge in [0.2, 0.25) is 0 Å². The molecule has 0 amide bonds. The maximum absolute atomic E-state index is 11.1. The van der Waals surface area contributed by atoms with Gasteiger partial charge >= 0.3 is 5.97 Å². The number of aryl methyl sites for hydroxylation is 1. The summed E-state index contributed by atoms with van der Waals surface area (Å²) in [6.07, 6.45) is 1.72. The quantitative estimate of drug-likeness (QED) is 0.743. The summed E-state index contributed by atoms with van der Waals surface area (Å²) < 4.78 is 9.96. The summed E-state index contributed by atoms with van der Waals surface area (Å²) >= 11 is 0. The van der Waals surface area contributed by atoms with E-state index in [1.165, 1.54) is 0 Å². The number of hydrogen-bond donors (Lipinski definition) is 1. The van der Waals surface area contributed by atoms with Crippen molar-refractivity contribution in [2.75, 3.05) is 6.61 Å². The average molecular weight is 197 g/mol. The lowest BCUT2D eigenvalue weighted by Gasteiger charge is -2.08. The molecule has 1 heterocycles. The van der Waals surface area contributed by atoms with Gasteiger partial charge in [-0.25, -0.2) is 0 Å². The van der Waals surface area contributed by atoms with Crippen LogP contribution < -0.4 is 5.73 Å². The summed E-state index contributed by atoms with van der Waals surface area (Å²) in [7, 11) is 0. The van der Waals surface area contributed by atoms with E-state index in [0.29, 0.717) is 12.4 Å². The molecule has 0 fully saturated rings. The van der Waals surface area contributed by atoms with Gasteiger partial charge in [0.15, 0.2) is 0 Å². The van der Waals surface area contributed by atoms with Gasteiger partial charge < -0.3 is 14.9 Å². The lowest BCUT2D eigenvalue weighted by molar-refractivity contribution is -0.143. The highest BCUT2D eigenvalue weighted by Crippen LogP contribution is 2.19. The van der Waals surface area contributed by atoms with E-state index in [1.54, 1.807) is 13.2 Å². The van der Waals surface area contributed by atoms with Gasteiger partial charge in [-0.15, -0.1) is 0 Å². The van der Waals surface area contributed by atoms with E-state index in [9.17, 15) is 4.79 Å². The number of furan rings is 1. The molecule has 2 N–H and O–H groups in total. The maximum Gasteiger partial charge on any atom is 0.307 e. The van der Waals surface area contributed by atoms with Crippen molar-refractivity contribution in [1.29, 1.82) is 0 Å². The molecule has 0 spiro atoms. The highest BCUT2D eigenvalue weighted by molar-refractivity contribution is 5.70. The predicted octanol–water partition coefficient (Wildman–Crippen LogP) is 1.54. The number of esters is 1. The second kappa shape index (κ2) is 4.81. The van der Waals surface area contributed by atoms with E-state index < -0.39 is 6.04 Å². The van der Waals surface area contributed by atoms with Gasteiger partial charge in [0, 0.05) is 0 Å². The first-order valence-electron chi connectivity index (χ1n) is 4.60. The number of hydrogen-bond acceptors (Lipinski definition) is 4. The molecule has 1 atom stereocenters. The van der Waals surface area contributed by atoms with Crippen LogP contribution in [-0.2, 0) is 9.53 Å². The van der Waals surface area contributed by atoms with Crippen LogP contribution in [0.4, 0.5) is 0 Å². The number of carbonyl (C=O) groups excluding carboxylic acids is 1. The number of carbonyl (C=O) groups is 1. The number of rotatable bonds is 4. The average Bonchev–Trinajstić information content (AvgIpc) is 2.51. The van der Waals surface area contributed by atoms with Crippen molar-refractivity contribution >= 4 is 5.97 Å². The normalized spacial score (nSPS) is 12.5. The highest BCUT2D eigenvalue weighted by atomic mass is 16.5. The molecule has 0 bridgehead atoms. The lowest BCUT2D eigenvalue weighted by Crippen LogP contribution is -2.17. The third kappa shape index (κ3) is 2.60. The van der Waals surface area contributed by atoms with E-state index in [1.807, 2.05) is 13.0 Å². The maximum atomic E-state index is 11.1. The second-order valence-electron chi connectivity index (χ2n) is 3.08. The molecule has 0 saturated heterocycles. The van der Waals surface area contributed by atoms with Crippen molar-refractivity contribution in [3.05, 3.63) is 23.7 Å². The van der Waals surface area contributed by atoms with E-state index >= 15 is 0 Å². The van der Waals surface area contributed by atoms with Crippen molar-refractivity contribution in [2.24, 2.45) is 5.73 Å². The van der Waals surface area contributed by atoms with Crippen LogP contribution in [0.15, 0.2) is 16.7 Å². The minimum absolute atomic E-state index is 0.155. The first-order valence-corrected chi connectivity index (χ1v) is 4.60. The Bertz CT molecular complexity index is 306. The van der Waals surface area contributed by atoms with Crippen molar-refractivity contribution in [3.63, 3.8) is 0 Å². The van der Waals surface area contributed by atoms with Gasteiger partial charge in [-0.3, -0.25) is 4.79 Å². The monoisotopic (exact) mass is 197 g/mol. The largest absolute Gasteiger partial charge is 0.467 e. The van der Waals surface area contributed by atoms with Gasteiger partial charge in [0.25, 0.3) is 0 Å². The molecule has 78 valence electrons. The number of nitrogens with two attached hydrogens (primary N) is 1. The molecule has 0 unspecified atom stereocenters. The van der Waals surface area contributed by atoms with Gasteiger partial charge in [0.05, 0.1) is 25.3 Å². The van der Waals surface area contributed by atoms with Gasteiger partial charge in [-0.2, -0.15) is 0 Å². The smallest absolute Gasteiger partial charge is 0.307 e. The van der Waals surface area contributed by atoms with Crippen LogP contribution in [0.3, 0.4) is 0 Å². The Balaban J connectivity index is 2.54. The standard InChI is InChI=1S/C10H15NO3/c1-3-13-9(12)6-8(11)10-7(2)4-5-14-10/h4-5,8H,3,6,11H2,1-2H3/t8-/m0/s1. The van der Waals surface area contributed by atoms with Crippen LogP contribution in [0.2, 0.25) is 0 Å². The number of ether oxygens (including phenoxy) is 1. The summed E-state index contributed by atoms with van der Waals surface area (Å²) in [4.78, 5) is 11.1. The first kappa shape index (κ1) is 10.8. The van der Waals surface area contributed by atoms with Crippen LogP contribution in [0.5, 0.6) is 0 Å². The molecule has 1 aromatic rings. The van der Waals surface area contributed by atoms with Crippen LogP contribution in [0, 0.1) is 6.92 Å². The van der Waals surface area contributed by atoms with Crippen molar-refractivity contribution in [2.45, 2.75) is 26.3 Å². The van der Waals surface area contributed by atoms with E-state index in [2.05, 4.69) is 0 Å².